The summed E-state index contributed by atoms with van der Waals surface area (Å²) in [5, 5.41) is 0. The van der Waals surface area contributed by atoms with E-state index in [-0.39, 0.29) is 0 Å². The first kappa shape index (κ1) is 25.7. The van der Waals surface area contributed by atoms with E-state index in [9.17, 15) is 0 Å². The monoisotopic (exact) mass is 470 g/mol. The molecule has 0 bridgehead atoms. The zero-order chi connectivity index (χ0) is 24.2. The Morgan fingerprint density at radius 3 is 2.24 bits per heavy atom. The number of hydrogen-bond donors (Lipinski definition) is 0. The van der Waals surface area contributed by atoms with Gasteiger partial charge in [-0.1, -0.05) is 65.3 Å². The Morgan fingerprint density at radius 1 is 0.909 bits per heavy atom. The fraction of sp³-hybridized carbons (Fsp3) is 0.871. The van der Waals surface area contributed by atoms with Gasteiger partial charge in [-0.25, -0.2) is 0 Å². The lowest BCUT2D eigenvalue weighted by molar-refractivity contribution is -0.0369. The Hall–Kier alpha value is -0.343. The molecule has 33 heavy (non-hydrogen) atoms. The highest BCUT2D eigenvalue weighted by Gasteiger charge is 2.58. The van der Waals surface area contributed by atoms with Gasteiger partial charge in [0.2, 0.25) is 0 Å². The molecule has 3 saturated carbocycles. The first-order valence-electron chi connectivity index (χ1n) is 14.4. The van der Waals surface area contributed by atoms with Crippen molar-refractivity contribution in [3.05, 3.63) is 23.8 Å². The van der Waals surface area contributed by atoms with Crippen LogP contribution in [0, 0.1) is 52.3 Å². The van der Waals surface area contributed by atoms with Crippen molar-refractivity contribution < 1.29 is 4.43 Å². The van der Waals surface area contributed by atoms with Crippen LogP contribution in [0.3, 0.4) is 0 Å². The van der Waals surface area contributed by atoms with E-state index in [1.54, 1.807) is 0 Å². The summed E-state index contributed by atoms with van der Waals surface area (Å²) in [7, 11) is -1.45. The topological polar surface area (TPSA) is 9.23 Å². The van der Waals surface area contributed by atoms with Crippen LogP contribution in [0.5, 0.6) is 0 Å². The summed E-state index contributed by atoms with van der Waals surface area (Å²) < 4.78 is 6.60. The normalized spacial score (nSPS) is 43.1. The maximum Gasteiger partial charge on any atom is 0.184 e. The largest absolute Gasteiger partial charge is 0.415 e. The van der Waals surface area contributed by atoms with Crippen LogP contribution in [0.25, 0.3) is 0 Å². The molecule has 4 rings (SSSR count). The molecule has 9 atom stereocenters. The lowest BCUT2D eigenvalue weighted by Gasteiger charge is -2.58. The summed E-state index contributed by atoms with van der Waals surface area (Å²) in [6.45, 7) is 22.0. The van der Waals surface area contributed by atoms with Gasteiger partial charge in [0.15, 0.2) is 8.32 Å². The Bertz CT molecular complexity index is 759. The van der Waals surface area contributed by atoms with Crippen LogP contribution in [-0.4, -0.2) is 14.4 Å². The molecule has 3 fully saturated rings. The molecule has 188 valence electrons. The first-order chi connectivity index (χ1) is 15.3. The van der Waals surface area contributed by atoms with Crippen LogP contribution < -0.4 is 0 Å². The minimum absolute atomic E-state index is 0.508. The molecule has 0 N–H and O–H groups in total. The zero-order valence-corrected chi connectivity index (χ0v) is 24.4. The summed E-state index contributed by atoms with van der Waals surface area (Å²) in [5.74, 6) is 5.50. The van der Waals surface area contributed by atoms with Crippen molar-refractivity contribution in [3.8, 4) is 0 Å². The predicted molar refractivity (Wildman–Crippen MR) is 146 cm³/mol. The molecule has 0 aromatic heterocycles. The average Bonchev–Trinajstić information content (AvgIpc) is 3.08. The molecule has 0 aromatic carbocycles. The second-order valence-electron chi connectivity index (χ2n) is 14.4. The van der Waals surface area contributed by atoms with E-state index in [0.717, 1.165) is 29.6 Å². The van der Waals surface area contributed by atoms with Gasteiger partial charge in [0.25, 0.3) is 0 Å². The minimum Gasteiger partial charge on any atom is -0.415 e. The van der Waals surface area contributed by atoms with Crippen molar-refractivity contribution >= 4 is 8.32 Å². The Labute approximate surface area is 207 Å². The van der Waals surface area contributed by atoms with Crippen LogP contribution >= 0.6 is 0 Å². The van der Waals surface area contributed by atoms with E-state index in [2.05, 4.69) is 79.4 Å². The molecular formula is C31H54OSi. The van der Waals surface area contributed by atoms with E-state index >= 15 is 0 Å². The first-order valence-corrected chi connectivity index (χ1v) is 17.8. The molecule has 0 aliphatic heterocycles. The minimum atomic E-state index is -1.45. The number of allylic oxidation sites excluding steroid dienone is 4. The van der Waals surface area contributed by atoms with Crippen molar-refractivity contribution in [1.29, 1.82) is 0 Å². The smallest absolute Gasteiger partial charge is 0.184 e. The highest BCUT2D eigenvalue weighted by molar-refractivity contribution is 6.69. The van der Waals surface area contributed by atoms with Gasteiger partial charge in [-0.3, -0.25) is 0 Å². The lowest BCUT2D eigenvalue weighted by Crippen LogP contribution is -2.50. The molecule has 4 aliphatic carbocycles. The fourth-order valence-corrected chi connectivity index (χ4v) is 9.91. The summed E-state index contributed by atoms with van der Waals surface area (Å²) in [6.07, 6.45) is 19.4. The predicted octanol–water partition coefficient (Wildman–Crippen LogP) is 9.27. The molecule has 2 heteroatoms. The molecule has 4 aliphatic rings. The molecule has 0 spiro atoms. The van der Waals surface area contributed by atoms with Crippen molar-refractivity contribution in [2.45, 2.75) is 119 Å². The molecular weight excluding hydrogens is 416 g/mol. The van der Waals surface area contributed by atoms with Gasteiger partial charge < -0.3 is 4.43 Å². The van der Waals surface area contributed by atoms with Crippen LogP contribution in [0.15, 0.2) is 23.8 Å². The van der Waals surface area contributed by atoms with Crippen LogP contribution in [-0.2, 0) is 4.43 Å². The third-order valence-electron chi connectivity index (χ3n) is 11.0. The van der Waals surface area contributed by atoms with Crippen LogP contribution in [0.1, 0.15) is 92.9 Å². The molecule has 1 nitrogen and oxygen atoms in total. The molecule has 0 aromatic rings. The van der Waals surface area contributed by atoms with Gasteiger partial charge in [-0.15, -0.1) is 0 Å². The van der Waals surface area contributed by atoms with Gasteiger partial charge >= 0.3 is 0 Å². The molecule has 0 heterocycles. The maximum absolute atomic E-state index is 6.60. The van der Waals surface area contributed by atoms with Gasteiger partial charge in [0, 0.05) is 6.10 Å². The Kier molecular flexibility index (Phi) is 7.23. The van der Waals surface area contributed by atoms with E-state index in [4.69, 9.17) is 4.43 Å². The number of fused-ring (bicyclic) bond motifs is 5. The third kappa shape index (κ3) is 4.86. The summed E-state index contributed by atoms with van der Waals surface area (Å²) in [6, 6.07) is 0. The second kappa shape index (κ2) is 9.27. The Morgan fingerprint density at radius 2 is 1.58 bits per heavy atom. The Balaban J connectivity index is 1.50. The average molecular weight is 471 g/mol. The van der Waals surface area contributed by atoms with Gasteiger partial charge in [-0.2, -0.15) is 0 Å². The summed E-state index contributed by atoms with van der Waals surface area (Å²) >= 11 is 0. The van der Waals surface area contributed by atoms with Crippen molar-refractivity contribution in [3.63, 3.8) is 0 Å². The van der Waals surface area contributed by atoms with Crippen LogP contribution in [0.4, 0.5) is 0 Å². The molecule has 0 radical (unpaired) electrons. The van der Waals surface area contributed by atoms with Gasteiger partial charge in [-0.05, 0) is 123 Å². The molecule has 0 unspecified atom stereocenters. The third-order valence-corrected chi connectivity index (χ3v) is 12.1. The van der Waals surface area contributed by atoms with E-state index in [1.165, 1.54) is 51.4 Å². The molecule has 0 saturated heterocycles. The van der Waals surface area contributed by atoms with E-state index in [1.807, 2.05) is 5.57 Å². The number of hydrogen-bond acceptors (Lipinski definition) is 1. The molecule has 0 amide bonds. The van der Waals surface area contributed by atoms with E-state index < -0.39 is 8.32 Å². The highest BCUT2D eigenvalue weighted by Crippen LogP contribution is 2.67. The zero-order valence-electron chi connectivity index (χ0n) is 23.4. The standard InChI is InChI=1S/C31H54OSi/c1-21(2)22(3)10-11-23(4)27-14-15-28-26-13-12-24-20-25(32-33(7,8)9)16-18-30(24,5)29(26)17-19-31(27,28)6/h10-11,13,21-25,27-29H,12,14-20H2,1-9H3/t22-,23+,24-,25-,27+,28-,29-,30-,31+/m0/s1. The summed E-state index contributed by atoms with van der Waals surface area (Å²) in [5.41, 5.74) is 2.93. The lowest BCUT2D eigenvalue weighted by atomic mass is 9.47. The summed E-state index contributed by atoms with van der Waals surface area (Å²) in [4.78, 5) is 0. The van der Waals surface area contributed by atoms with Crippen molar-refractivity contribution in [2.24, 2.45) is 52.3 Å². The fourth-order valence-electron chi connectivity index (χ4n) is 8.69. The number of rotatable bonds is 6. The van der Waals surface area contributed by atoms with Gasteiger partial charge in [0.1, 0.15) is 0 Å². The second-order valence-corrected chi connectivity index (χ2v) is 18.9. The highest BCUT2D eigenvalue weighted by atomic mass is 28.4. The quantitative estimate of drug-likeness (QED) is 0.277. The van der Waals surface area contributed by atoms with Gasteiger partial charge in [0.05, 0.1) is 0 Å². The maximum atomic E-state index is 6.60. The van der Waals surface area contributed by atoms with Crippen molar-refractivity contribution in [2.75, 3.05) is 0 Å². The van der Waals surface area contributed by atoms with E-state index in [0.29, 0.717) is 28.8 Å². The van der Waals surface area contributed by atoms with Crippen molar-refractivity contribution in [1.82, 2.24) is 0 Å². The SMILES string of the molecule is CC(C)[C@@H](C)C=C[C@@H](C)[C@H]1CC[C@H]2C3=CC[C@H]4C[C@@H](O[Si](C)(C)C)CC[C@]4(C)[C@H]3CC[C@]12C. The van der Waals surface area contributed by atoms with Crippen LogP contribution in [0.2, 0.25) is 19.6 Å².